The van der Waals surface area contributed by atoms with Gasteiger partial charge in [0.2, 0.25) is 5.89 Å². The topological polar surface area (TPSA) is 71.3 Å². The number of aryl methyl sites for hydroxylation is 1. The summed E-state index contributed by atoms with van der Waals surface area (Å²) in [7, 11) is 0. The van der Waals surface area contributed by atoms with Crippen molar-refractivity contribution in [2.24, 2.45) is 0 Å². The van der Waals surface area contributed by atoms with Crippen molar-refractivity contribution in [3.8, 4) is 0 Å². The molecule has 156 valence electrons. The van der Waals surface area contributed by atoms with Crippen molar-refractivity contribution in [3.05, 3.63) is 71.4 Å². The average Bonchev–Trinajstić information content (AvgIpc) is 3.18. The Morgan fingerprint density at radius 1 is 1.20 bits per heavy atom. The Hall–Kier alpha value is -2.29. The number of nitrogens with zero attached hydrogens (tertiary/aromatic N) is 3. The SMILES string of the molecule is Cc1nc(CSc2ccccc2C(=O)Nc2cccc(CN3CCSCC3)c2)no1. The van der Waals surface area contributed by atoms with Gasteiger partial charge in [0.1, 0.15) is 0 Å². The number of amides is 1. The van der Waals surface area contributed by atoms with E-state index >= 15 is 0 Å². The van der Waals surface area contributed by atoms with Crippen LogP contribution < -0.4 is 5.32 Å². The van der Waals surface area contributed by atoms with Gasteiger partial charge in [0.25, 0.3) is 5.91 Å². The summed E-state index contributed by atoms with van der Waals surface area (Å²) < 4.78 is 5.02. The van der Waals surface area contributed by atoms with Gasteiger partial charge in [-0.1, -0.05) is 29.4 Å². The van der Waals surface area contributed by atoms with Gasteiger partial charge in [-0.3, -0.25) is 9.69 Å². The second-order valence-corrected chi connectivity index (χ2v) is 9.30. The first-order chi connectivity index (χ1) is 14.7. The van der Waals surface area contributed by atoms with Crippen LogP contribution in [-0.4, -0.2) is 45.5 Å². The number of thioether (sulfide) groups is 2. The van der Waals surface area contributed by atoms with Crippen LogP contribution in [0, 0.1) is 6.92 Å². The fourth-order valence-electron chi connectivity index (χ4n) is 3.29. The predicted molar refractivity (Wildman–Crippen MR) is 122 cm³/mol. The predicted octanol–water partition coefficient (Wildman–Crippen LogP) is 4.47. The number of benzene rings is 2. The minimum absolute atomic E-state index is 0.117. The Labute approximate surface area is 184 Å². The Kier molecular flexibility index (Phi) is 7.09. The van der Waals surface area contributed by atoms with Crippen molar-refractivity contribution >= 4 is 35.1 Å². The van der Waals surface area contributed by atoms with Crippen molar-refractivity contribution in [1.29, 1.82) is 0 Å². The lowest BCUT2D eigenvalue weighted by molar-refractivity contribution is 0.102. The molecule has 0 saturated carbocycles. The second-order valence-electron chi connectivity index (χ2n) is 7.06. The molecule has 6 nitrogen and oxygen atoms in total. The highest BCUT2D eigenvalue weighted by atomic mass is 32.2. The van der Waals surface area contributed by atoms with Crippen LogP contribution in [0.25, 0.3) is 0 Å². The van der Waals surface area contributed by atoms with E-state index in [1.165, 1.54) is 28.8 Å². The summed E-state index contributed by atoms with van der Waals surface area (Å²) in [6, 6.07) is 15.7. The lowest BCUT2D eigenvalue weighted by Gasteiger charge is -2.26. The normalized spacial score (nSPS) is 14.6. The van der Waals surface area contributed by atoms with E-state index in [0.29, 0.717) is 23.0 Å². The monoisotopic (exact) mass is 440 g/mol. The van der Waals surface area contributed by atoms with Gasteiger partial charge in [-0.25, -0.2) is 0 Å². The van der Waals surface area contributed by atoms with E-state index in [9.17, 15) is 4.79 Å². The fourth-order valence-corrected chi connectivity index (χ4v) is 5.16. The minimum atomic E-state index is -0.117. The molecular formula is C22H24N4O2S2. The van der Waals surface area contributed by atoms with Gasteiger partial charge in [0.15, 0.2) is 5.82 Å². The summed E-state index contributed by atoms with van der Waals surface area (Å²) in [6.45, 7) is 4.92. The molecule has 4 rings (SSSR count). The standard InChI is InChI=1S/C22H24N4O2S2/c1-16-23-21(25-28-16)15-30-20-8-3-2-7-19(20)22(27)24-18-6-4-5-17(13-18)14-26-9-11-29-12-10-26/h2-8,13H,9-12,14-15H2,1H3,(H,24,27). The first kappa shape index (κ1) is 21.0. The number of aromatic nitrogens is 2. The quantitative estimate of drug-likeness (QED) is 0.544. The van der Waals surface area contributed by atoms with Gasteiger partial charge in [-0.2, -0.15) is 16.7 Å². The van der Waals surface area contributed by atoms with E-state index in [-0.39, 0.29) is 5.91 Å². The summed E-state index contributed by atoms with van der Waals surface area (Å²) in [5.74, 6) is 3.97. The maximum Gasteiger partial charge on any atom is 0.256 e. The zero-order valence-corrected chi connectivity index (χ0v) is 18.5. The summed E-state index contributed by atoms with van der Waals surface area (Å²) in [6.07, 6.45) is 0. The molecule has 0 atom stereocenters. The maximum atomic E-state index is 13.0. The van der Waals surface area contributed by atoms with Crippen molar-refractivity contribution in [1.82, 2.24) is 15.0 Å². The van der Waals surface area contributed by atoms with Gasteiger partial charge in [0.05, 0.1) is 11.3 Å². The minimum Gasteiger partial charge on any atom is -0.340 e. The smallest absolute Gasteiger partial charge is 0.256 e. The number of hydrogen-bond donors (Lipinski definition) is 1. The van der Waals surface area contributed by atoms with Gasteiger partial charge >= 0.3 is 0 Å². The number of anilines is 1. The van der Waals surface area contributed by atoms with Crippen LogP contribution in [0.1, 0.15) is 27.6 Å². The van der Waals surface area contributed by atoms with E-state index in [0.717, 1.165) is 30.2 Å². The molecule has 1 aliphatic heterocycles. The zero-order chi connectivity index (χ0) is 20.8. The zero-order valence-electron chi connectivity index (χ0n) is 16.8. The Morgan fingerprint density at radius 3 is 2.83 bits per heavy atom. The molecule has 0 unspecified atom stereocenters. The number of carbonyl (C=O) groups excluding carboxylic acids is 1. The lowest BCUT2D eigenvalue weighted by atomic mass is 10.1. The average molecular weight is 441 g/mol. The molecule has 2 aromatic carbocycles. The summed E-state index contributed by atoms with van der Waals surface area (Å²) in [5, 5.41) is 6.97. The van der Waals surface area contributed by atoms with Crippen LogP contribution >= 0.6 is 23.5 Å². The highest BCUT2D eigenvalue weighted by molar-refractivity contribution is 7.99. The molecule has 0 bridgehead atoms. The van der Waals surface area contributed by atoms with Crippen LogP contribution in [0.15, 0.2) is 57.9 Å². The number of rotatable bonds is 7. The molecular weight excluding hydrogens is 416 g/mol. The third-order valence-electron chi connectivity index (χ3n) is 4.75. The van der Waals surface area contributed by atoms with Crippen LogP contribution in [0.3, 0.4) is 0 Å². The number of hydrogen-bond acceptors (Lipinski definition) is 7. The van der Waals surface area contributed by atoms with Crippen molar-refractivity contribution in [3.63, 3.8) is 0 Å². The Balaban J connectivity index is 1.41. The van der Waals surface area contributed by atoms with Crippen LogP contribution in [0.5, 0.6) is 0 Å². The molecule has 2 heterocycles. The summed E-state index contributed by atoms with van der Waals surface area (Å²) in [4.78, 5) is 20.5. The Bertz CT molecular complexity index is 1000. The number of carbonyl (C=O) groups is 1. The van der Waals surface area contributed by atoms with E-state index in [2.05, 4.69) is 32.5 Å². The fraction of sp³-hybridized carbons (Fsp3) is 0.318. The van der Waals surface area contributed by atoms with Crippen LogP contribution in [0.2, 0.25) is 0 Å². The van der Waals surface area contributed by atoms with E-state index in [4.69, 9.17) is 4.52 Å². The maximum absolute atomic E-state index is 13.0. The molecule has 1 aliphatic rings. The van der Waals surface area contributed by atoms with Crippen LogP contribution in [0.4, 0.5) is 5.69 Å². The largest absolute Gasteiger partial charge is 0.340 e. The summed E-state index contributed by atoms with van der Waals surface area (Å²) in [5.41, 5.74) is 2.67. The van der Waals surface area contributed by atoms with Crippen LogP contribution in [-0.2, 0) is 12.3 Å². The van der Waals surface area contributed by atoms with Crippen molar-refractivity contribution in [2.45, 2.75) is 24.1 Å². The Morgan fingerprint density at radius 2 is 2.03 bits per heavy atom. The molecule has 1 amide bonds. The highest BCUT2D eigenvalue weighted by Gasteiger charge is 2.14. The molecule has 30 heavy (non-hydrogen) atoms. The van der Waals surface area contributed by atoms with E-state index < -0.39 is 0 Å². The van der Waals surface area contributed by atoms with Gasteiger partial charge < -0.3 is 9.84 Å². The molecule has 8 heteroatoms. The van der Waals surface area contributed by atoms with Gasteiger partial charge in [-0.15, -0.1) is 11.8 Å². The molecule has 3 aromatic rings. The third-order valence-corrected chi connectivity index (χ3v) is 6.76. The van der Waals surface area contributed by atoms with Gasteiger partial charge in [-0.05, 0) is 29.8 Å². The lowest BCUT2D eigenvalue weighted by Crippen LogP contribution is -2.31. The highest BCUT2D eigenvalue weighted by Crippen LogP contribution is 2.26. The van der Waals surface area contributed by atoms with Crippen molar-refractivity contribution in [2.75, 3.05) is 29.9 Å². The molecule has 1 aromatic heterocycles. The first-order valence-corrected chi connectivity index (χ1v) is 12.0. The molecule has 0 aliphatic carbocycles. The van der Waals surface area contributed by atoms with E-state index in [1.54, 1.807) is 6.92 Å². The summed E-state index contributed by atoms with van der Waals surface area (Å²) >= 11 is 3.53. The molecule has 1 fully saturated rings. The number of nitrogens with one attached hydrogen (secondary N) is 1. The first-order valence-electron chi connectivity index (χ1n) is 9.89. The van der Waals surface area contributed by atoms with Crippen molar-refractivity contribution < 1.29 is 9.32 Å². The van der Waals surface area contributed by atoms with E-state index in [1.807, 2.05) is 48.2 Å². The third kappa shape index (κ3) is 5.65. The second kappa shape index (κ2) is 10.1. The van der Waals surface area contributed by atoms with Gasteiger partial charge in [0, 0.05) is 48.6 Å². The molecule has 0 spiro atoms. The molecule has 1 N–H and O–H groups in total. The molecule has 1 saturated heterocycles. The molecule has 0 radical (unpaired) electrons.